The number of thiol groups is 1. The summed E-state index contributed by atoms with van der Waals surface area (Å²) in [7, 11) is 0. The molecule has 0 saturated heterocycles. The number of hydrogen-bond acceptors (Lipinski definition) is 2. The zero-order valence-electron chi connectivity index (χ0n) is 9.17. The van der Waals surface area contributed by atoms with Crippen LogP contribution < -0.4 is 0 Å². The van der Waals surface area contributed by atoms with E-state index in [2.05, 4.69) is 40.3 Å². The lowest BCUT2D eigenvalue weighted by Gasteiger charge is -2.43. The Kier molecular flexibility index (Phi) is 3.04. The number of hydrogen-bond donors (Lipinski definition) is 2. The van der Waals surface area contributed by atoms with Crippen molar-refractivity contribution in [3.8, 4) is 0 Å². The second-order valence-corrected chi connectivity index (χ2v) is 5.36. The smallest absolute Gasteiger partial charge is 0.0612 e. The summed E-state index contributed by atoms with van der Waals surface area (Å²) in [5.74, 6) is 1.39. The summed E-state index contributed by atoms with van der Waals surface area (Å²) in [4.78, 5) is 0. The first-order valence-corrected chi connectivity index (χ1v) is 5.84. The molecule has 1 N–H and O–H groups in total. The fourth-order valence-electron chi connectivity index (χ4n) is 2.89. The van der Waals surface area contributed by atoms with E-state index in [1.54, 1.807) is 0 Å². The van der Waals surface area contributed by atoms with Gasteiger partial charge < -0.3 is 5.11 Å². The minimum atomic E-state index is -0.167. The van der Waals surface area contributed by atoms with Crippen LogP contribution >= 0.6 is 12.6 Å². The second-order valence-electron chi connectivity index (χ2n) is 5.04. The third-order valence-electron chi connectivity index (χ3n) is 4.64. The molecule has 1 fully saturated rings. The molecule has 0 unspecified atom stereocenters. The van der Waals surface area contributed by atoms with Crippen molar-refractivity contribution in [1.82, 2.24) is 0 Å². The van der Waals surface area contributed by atoms with Crippen molar-refractivity contribution >= 4 is 12.6 Å². The quantitative estimate of drug-likeness (QED) is 0.660. The van der Waals surface area contributed by atoms with Crippen molar-refractivity contribution in [2.75, 3.05) is 5.75 Å². The summed E-state index contributed by atoms with van der Waals surface area (Å²) < 4.78 is 0. The normalized spacial score (nSPS) is 43.8. The van der Waals surface area contributed by atoms with E-state index >= 15 is 0 Å². The fraction of sp³-hybridized carbons (Fsp3) is 1.00. The van der Waals surface area contributed by atoms with Crippen LogP contribution in [0.1, 0.15) is 40.5 Å². The van der Waals surface area contributed by atoms with Crippen LogP contribution in [0.5, 0.6) is 0 Å². The lowest BCUT2D eigenvalue weighted by atomic mass is 9.64. The highest BCUT2D eigenvalue weighted by atomic mass is 32.1. The Balaban J connectivity index is 3.05. The Hall–Kier alpha value is 0.310. The zero-order valence-corrected chi connectivity index (χ0v) is 10.1. The highest BCUT2D eigenvalue weighted by molar-refractivity contribution is 7.80. The Bertz CT molecular complexity index is 185. The van der Waals surface area contributed by atoms with Gasteiger partial charge in [0.05, 0.1) is 6.10 Å². The second kappa shape index (κ2) is 3.47. The standard InChI is InChI=1S/C11H22OS/c1-5-11(7-13)9(12)6-8(2)10(11,3)4/h8-9,12-13H,5-7H2,1-4H3/t8-,9+,11-/m1/s1. The molecule has 78 valence electrons. The molecule has 13 heavy (non-hydrogen) atoms. The van der Waals surface area contributed by atoms with Crippen LogP contribution in [0.25, 0.3) is 0 Å². The Labute approximate surface area is 87.3 Å². The summed E-state index contributed by atoms with van der Waals surface area (Å²) in [6.07, 6.45) is 1.79. The molecule has 1 rings (SSSR count). The lowest BCUT2D eigenvalue weighted by molar-refractivity contribution is 0.000158. The molecule has 0 aromatic rings. The largest absolute Gasteiger partial charge is 0.392 e. The van der Waals surface area contributed by atoms with Crippen molar-refractivity contribution in [3.05, 3.63) is 0 Å². The van der Waals surface area contributed by atoms with Crippen LogP contribution in [-0.2, 0) is 0 Å². The lowest BCUT2D eigenvalue weighted by Crippen LogP contribution is -2.43. The molecule has 1 saturated carbocycles. The summed E-state index contributed by atoms with van der Waals surface area (Å²) >= 11 is 4.43. The van der Waals surface area contributed by atoms with E-state index in [9.17, 15) is 5.11 Å². The molecule has 0 spiro atoms. The van der Waals surface area contributed by atoms with Crippen LogP contribution in [0.15, 0.2) is 0 Å². The van der Waals surface area contributed by atoms with E-state index in [0.717, 1.165) is 18.6 Å². The number of aliphatic hydroxyl groups excluding tert-OH is 1. The molecule has 0 aliphatic heterocycles. The molecular weight excluding hydrogens is 180 g/mol. The Morgan fingerprint density at radius 1 is 1.46 bits per heavy atom. The first-order valence-electron chi connectivity index (χ1n) is 5.21. The molecule has 0 radical (unpaired) electrons. The van der Waals surface area contributed by atoms with Gasteiger partial charge in [0.2, 0.25) is 0 Å². The average molecular weight is 202 g/mol. The van der Waals surface area contributed by atoms with E-state index in [4.69, 9.17) is 0 Å². The number of rotatable bonds is 2. The van der Waals surface area contributed by atoms with E-state index in [1.807, 2.05) is 0 Å². The van der Waals surface area contributed by atoms with Gasteiger partial charge in [-0.05, 0) is 29.9 Å². The monoisotopic (exact) mass is 202 g/mol. The molecule has 0 aromatic heterocycles. The molecule has 0 bridgehead atoms. The van der Waals surface area contributed by atoms with Gasteiger partial charge in [0, 0.05) is 5.41 Å². The van der Waals surface area contributed by atoms with Gasteiger partial charge >= 0.3 is 0 Å². The van der Waals surface area contributed by atoms with Gasteiger partial charge in [-0.15, -0.1) is 0 Å². The van der Waals surface area contributed by atoms with Crippen LogP contribution in [0.4, 0.5) is 0 Å². The molecule has 1 aliphatic carbocycles. The molecular formula is C11H22OS. The van der Waals surface area contributed by atoms with E-state index in [-0.39, 0.29) is 16.9 Å². The minimum Gasteiger partial charge on any atom is -0.392 e. The average Bonchev–Trinajstić information content (AvgIpc) is 2.21. The molecule has 1 aliphatic rings. The van der Waals surface area contributed by atoms with Gasteiger partial charge in [0.25, 0.3) is 0 Å². The van der Waals surface area contributed by atoms with Crippen molar-refractivity contribution < 1.29 is 5.11 Å². The van der Waals surface area contributed by atoms with E-state index < -0.39 is 0 Å². The highest BCUT2D eigenvalue weighted by Crippen LogP contribution is 2.58. The minimum absolute atomic E-state index is 0.0233. The van der Waals surface area contributed by atoms with Crippen LogP contribution in [0.3, 0.4) is 0 Å². The third kappa shape index (κ3) is 1.33. The van der Waals surface area contributed by atoms with Gasteiger partial charge in [-0.2, -0.15) is 12.6 Å². The van der Waals surface area contributed by atoms with Gasteiger partial charge in [0.15, 0.2) is 0 Å². The van der Waals surface area contributed by atoms with Crippen molar-refractivity contribution in [1.29, 1.82) is 0 Å². The fourth-order valence-corrected chi connectivity index (χ4v) is 3.73. The maximum absolute atomic E-state index is 10.1. The van der Waals surface area contributed by atoms with Gasteiger partial charge in [-0.3, -0.25) is 0 Å². The van der Waals surface area contributed by atoms with E-state index in [0.29, 0.717) is 5.92 Å². The van der Waals surface area contributed by atoms with Gasteiger partial charge in [-0.1, -0.05) is 27.7 Å². The summed E-state index contributed by atoms with van der Waals surface area (Å²) in [6.45, 7) is 8.95. The summed E-state index contributed by atoms with van der Waals surface area (Å²) in [6, 6.07) is 0. The third-order valence-corrected chi connectivity index (χ3v) is 5.21. The molecule has 3 atom stereocenters. The Morgan fingerprint density at radius 3 is 2.15 bits per heavy atom. The Morgan fingerprint density at radius 2 is 2.00 bits per heavy atom. The van der Waals surface area contributed by atoms with E-state index in [1.165, 1.54) is 0 Å². The van der Waals surface area contributed by atoms with Crippen molar-refractivity contribution in [2.24, 2.45) is 16.7 Å². The maximum atomic E-state index is 10.1. The maximum Gasteiger partial charge on any atom is 0.0612 e. The predicted octanol–water partition coefficient (Wildman–Crippen LogP) is 2.74. The molecule has 1 nitrogen and oxygen atoms in total. The van der Waals surface area contributed by atoms with Gasteiger partial charge in [0.1, 0.15) is 0 Å². The predicted molar refractivity (Wildman–Crippen MR) is 60.1 cm³/mol. The summed E-state index contributed by atoms with van der Waals surface area (Å²) in [5, 5.41) is 10.1. The summed E-state index contributed by atoms with van der Waals surface area (Å²) in [5.41, 5.74) is 0.235. The highest BCUT2D eigenvalue weighted by Gasteiger charge is 2.56. The first-order chi connectivity index (χ1) is 5.92. The SMILES string of the molecule is CC[C@@]1(CS)[C@@H](O)C[C@@H](C)C1(C)C. The molecule has 0 heterocycles. The van der Waals surface area contributed by atoms with Crippen LogP contribution in [0, 0.1) is 16.7 Å². The topological polar surface area (TPSA) is 20.2 Å². The van der Waals surface area contributed by atoms with Crippen molar-refractivity contribution in [2.45, 2.75) is 46.6 Å². The van der Waals surface area contributed by atoms with Crippen LogP contribution in [0.2, 0.25) is 0 Å². The molecule has 0 aromatic carbocycles. The molecule has 0 amide bonds. The van der Waals surface area contributed by atoms with Crippen LogP contribution in [-0.4, -0.2) is 17.0 Å². The van der Waals surface area contributed by atoms with Gasteiger partial charge in [-0.25, -0.2) is 0 Å². The first kappa shape index (κ1) is 11.4. The molecule has 2 heteroatoms. The zero-order chi connectivity index (χ0) is 10.3. The van der Waals surface area contributed by atoms with Crippen molar-refractivity contribution in [3.63, 3.8) is 0 Å². The number of aliphatic hydroxyl groups is 1.